The van der Waals surface area contributed by atoms with Gasteiger partial charge in [0.2, 0.25) is 5.91 Å². The number of thioether (sulfide) groups is 1. The maximum atomic E-state index is 13.4. The number of benzene rings is 3. The minimum atomic E-state index is -0.533. The van der Waals surface area contributed by atoms with Crippen molar-refractivity contribution in [3.05, 3.63) is 83.9 Å². The number of aliphatic imine (C=N–C) groups is 2. The number of methoxy groups -OCH3 is 2. The molecule has 2 amide bonds. The van der Waals surface area contributed by atoms with Crippen molar-refractivity contribution in [1.82, 2.24) is 4.90 Å². The first-order valence-corrected chi connectivity index (χ1v) is 13.2. The number of hydrogen-bond acceptors (Lipinski definition) is 7. The third-order valence-electron chi connectivity index (χ3n) is 6.46. The van der Waals surface area contributed by atoms with Gasteiger partial charge in [-0.3, -0.25) is 14.5 Å². The van der Waals surface area contributed by atoms with Gasteiger partial charge in [0.05, 0.1) is 30.8 Å². The summed E-state index contributed by atoms with van der Waals surface area (Å²) in [6.45, 7) is 1.95. The summed E-state index contributed by atoms with van der Waals surface area (Å²) in [6, 6.07) is 22.2. The molecule has 0 fully saturated rings. The Bertz CT molecular complexity index is 1420. The van der Waals surface area contributed by atoms with Gasteiger partial charge in [-0.1, -0.05) is 61.2 Å². The van der Waals surface area contributed by atoms with Gasteiger partial charge in [-0.25, -0.2) is 4.99 Å². The molecule has 2 atom stereocenters. The zero-order chi connectivity index (χ0) is 26.6. The number of rotatable bonds is 8. The number of para-hydroxylation sites is 1. The summed E-state index contributed by atoms with van der Waals surface area (Å²) in [4.78, 5) is 37.8. The molecule has 9 heteroatoms. The zero-order valence-electron chi connectivity index (χ0n) is 21.4. The smallest absolute Gasteiger partial charge is 0.271 e. The molecule has 0 saturated heterocycles. The van der Waals surface area contributed by atoms with Crippen LogP contribution >= 0.6 is 11.8 Å². The molecule has 1 N–H and O–H groups in total. The van der Waals surface area contributed by atoms with Crippen molar-refractivity contribution in [3.63, 3.8) is 0 Å². The van der Waals surface area contributed by atoms with E-state index in [-0.39, 0.29) is 11.8 Å². The van der Waals surface area contributed by atoms with Crippen molar-refractivity contribution >= 4 is 46.0 Å². The van der Waals surface area contributed by atoms with Gasteiger partial charge in [-0.05, 0) is 36.2 Å². The van der Waals surface area contributed by atoms with Crippen LogP contribution in [0.2, 0.25) is 0 Å². The van der Waals surface area contributed by atoms with Crippen molar-refractivity contribution in [3.8, 4) is 11.5 Å². The SMILES string of the molecule is CCC(SC1=Nc2ccccc2C2=NC(=O)C(Cc3ccccc3)N12)C(=O)Nc1ccc(OC)cc1OC. The van der Waals surface area contributed by atoms with Crippen LogP contribution < -0.4 is 14.8 Å². The lowest BCUT2D eigenvalue weighted by Gasteiger charge is -2.32. The van der Waals surface area contributed by atoms with E-state index >= 15 is 0 Å². The predicted molar refractivity (Wildman–Crippen MR) is 151 cm³/mol. The van der Waals surface area contributed by atoms with Crippen LogP contribution in [0.15, 0.2) is 82.8 Å². The van der Waals surface area contributed by atoms with Gasteiger partial charge in [0.25, 0.3) is 5.91 Å². The monoisotopic (exact) mass is 528 g/mol. The number of amidine groups is 2. The maximum absolute atomic E-state index is 13.4. The molecular formula is C29H28N4O4S. The van der Waals surface area contributed by atoms with E-state index in [0.29, 0.717) is 41.0 Å². The van der Waals surface area contributed by atoms with E-state index in [4.69, 9.17) is 14.5 Å². The number of nitrogens with one attached hydrogen (secondary N) is 1. The first-order valence-electron chi connectivity index (χ1n) is 12.4. The Labute approximate surface area is 225 Å². The Hall–Kier alpha value is -4.11. The minimum absolute atomic E-state index is 0.189. The molecule has 0 saturated carbocycles. The second-order valence-corrected chi connectivity index (χ2v) is 10.0. The molecule has 0 aliphatic carbocycles. The number of amides is 2. The lowest BCUT2D eigenvalue weighted by Crippen LogP contribution is -2.45. The van der Waals surface area contributed by atoms with E-state index in [1.54, 1.807) is 32.4 Å². The average Bonchev–Trinajstić information content (AvgIpc) is 3.28. The summed E-state index contributed by atoms with van der Waals surface area (Å²) in [6.07, 6.45) is 1.04. The second-order valence-electron chi connectivity index (χ2n) is 8.83. The lowest BCUT2D eigenvalue weighted by molar-refractivity contribution is -0.119. The Balaban J connectivity index is 1.44. The molecular weight excluding hydrogens is 500 g/mol. The van der Waals surface area contributed by atoms with Gasteiger partial charge in [0, 0.05) is 18.1 Å². The highest BCUT2D eigenvalue weighted by atomic mass is 32.2. The molecule has 2 aliphatic heterocycles. The molecule has 2 aliphatic rings. The fraction of sp³-hybridized carbons (Fsp3) is 0.241. The topological polar surface area (TPSA) is 92.6 Å². The number of hydrogen-bond donors (Lipinski definition) is 1. The highest BCUT2D eigenvalue weighted by molar-refractivity contribution is 8.15. The average molecular weight is 529 g/mol. The number of anilines is 1. The van der Waals surface area contributed by atoms with Gasteiger partial charge < -0.3 is 14.8 Å². The van der Waals surface area contributed by atoms with Crippen LogP contribution in [0.5, 0.6) is 11.5 Å². The molecule has 5 rings (SSSR count). The van der Waals surface area contributed by atoms with Crippen molar-refractivity contribution in [2.45, 2.75) is 31.1 Å². The molecule has 0 spiro atoms. The molecule has 0 radical (unpaired) electrons. The third-order valence-corrected chi connectivity index (χ3v) is 7.79. The van der Waals surface area contributed by atoms with E-state index in [1.807, 2.05) is 66.4 Å². The van der Waals surface area contributed by atoms with E-state index in [0.717, 1.165) is 16.8 Å². The van der Waals surface area contributed by atoms with E-state index < -0.39 is 11.3 Å². The first-order chi connectivity index (χ1) is 18.5. The summed E-state index contributed by atoms with van der Waals surface area (Å²) in [5.74, 6) is 1.31. The largest absolute Gasteiger partial charge is 0.497 e. The highest BCUT2D eigenvalue weighted by Crippen LogP contribution is 2.37. The lowest BCUT2D eigenvalue weighted by atomic mass is 10.0. The third kappa shape index (κ3) is 5.02. The van der Waals surface area contributed by atoms with Crippen LogP contribution in [0.3, 0.4) is 0 Å². The number of nitrogens with zero attached hydrogens (tertiary/aromatic N) is 3. The van der Waals surface area contributed by atoms with Crippen LogP contribution in [0, 0.1) is 0 Å². The molecule has 0 aromatic heterocycles. The summed E-state index contributed by atoms with van der Waals surface area (Å²) >= 11 is 1.34. The predicted octanol–water partition coefficient (Wildman–Crippen LogP) is 5.06. The van der Waals surface area contributed by atoms with Crippen LogP contribution in [-0.2, 0) is 16.0 Å². The standard InChI is InChI=1S/C29H28N4O4S/c1-4-25(28(35)30-22-15-14-19(36-2)17-24(22)37-3)38-29-31-21-13-9-8-12-20(21)26-32-27(34)23(33(26)29)16-18-10-6-5-7-11-18/h5-15,17,23,25H,4,16H2,1-3H3,(H,30,35). The first kappa shape index (κ1) is 25.5. The Morgan fingerprint density at radius 1 is 1.03 bits per heavy atom. The molecule has 2 unspecified atom stereocenters. The molecule has 0 bridgehead atoms. The molecule has 38 heavy (non-hydrogen) atoms. The van der Waals surface area contributed by atoms with E-state index in [2.05, 4.69) is 10.3 Å². The maximum Gasteiger partial charge on any atom is 0.271 e. The van der Waals surface area contributed by atoms with E-state index in [1.165, 1.54) is 11.8 Å². The molecule has 3 aromatic rings. The van der Waals surface area contributed by atoms with Gasteiger partial charge >= 0.3 is 0 Å². The number of carbonyl (C=O) groups is 2. The van der Waals surface area contributed by atoms with Gasteiger partial charge in [0.1, 0.15) is 23.4 Å². The van der Waals surface area contributed by atoms with Crippen molar-refractivity contribution < 1.29 is 19.1 Å². The molecule has 2 heterocycles. The van der Waals surface area contributed by atoms with E-state index in [9.17, 15) is 9.59 Å². The number of carbonyl (C=O) groups excluding carboxylic acids is 2. The van der Waals surface area contributed by atoms with Gasteiger partial charge in [-0.2, -0.15) is 4.99 Å². The van der Waals surface area contributed by atoms with Gasteiger partial charge in [0.15, 0.2) is 5.17 Å². The normalized spacial score (nSPS) is 16.7. The van der Waals surface area contributed by atoms with Crippen LogP contribution in [-0.4, -0.2) is 53.2 Å². The fourth-order valence-electron chi connectivity index (χ4n) is 4.49. The second kappa shape index (κ2) is 11.1. The summed E-state index contributed by atoms with van der Waals surface area (Å²) in [7, 11) is 3.12. The van der Waals surface area contributed by atoms with Crippen molar-refractivity contribution in [2.24, 2.45) is 9.98 Å². The van der Waals surface area contributed by atoms with Crippen molar-refractivity contribution in [1.29, 1.82) is 0 Å². The Morgan fingerprint density at radius 3 is 2.53 bits per heavy atom. The molecule has 8 nitrogen and oxygen atoms in total. The summed E-state index contributed by atoms with van der Waals surface area (Å²) in [5, 5.41) is 3.09. The minimum Gasteiger partial charge on any atom is -0.497 e. The van der Waals surface area contributed by atoms with Gasteiger partial charge in [-0.15, -0.1) is 0 Å². The quantitative estimate of drug-likeness (QED) is 0.440. The molecule has 3 aromatic carbocycles. The summed E-state index contributed by atoms with van der Waals surface area (Å²) in [5.41, 5.74) is 3.11. The highest BCUT2D eigenvalue weighted by Gasteiger charge is 2.42. The van der Waals surface area contributed by atoms with Crippen molar-refractivity contribution in [2.75, 3.05) is 19.5 Å². The fourth-order valence-corrected chi connectivity index (χ4v) is 5.55. The molecule has 194 valence electrons. The summed E-state index contributed by atoms with van der Waals surface area (Å²) < 4.78 is 10.7. The number of fused-ring (bicyclic) bond motifs is 3. The van der Waals surface area contributed by atoms with Crippen LogP contribution in [0.4, 0.5) is 11.4 Å². The Morgan fingerprint density at radius 2 is 1.79 bits per heavy atom. The van der Waals surface area contributed by atoms with Crippen LogP contribution in [0.25, 0.3) is 0 Å². The Kier molecular flexibility index (Phi) is 7.46. The van der Waals surface area contributed by atoms with Crippen LogP contribution in [0.1, 0.15) is 24.5 Å². The number of ether oxygens (including phenoxy) is 2. The zero-order valence-corrected chi connectivity index (χ0v) is 22.2.